The summed E-state index contributed by atoms with van der Waals surface area (Å²) in [5, 5.41) is 23.9. The number of pyridine rings is 3. The molecule has 8 aromatic rings. The van der Waals surface area contributed by atoms with Crippen molar-refractivity contribution in [1.29, 1.82) is 0 Å². The minimum absolute atomic E-state index is 0.0000744. The fourth-order valence-corrected chi connectivity index (χ4v) is 12.8. The summed E-state index contributed by atoms with van der Waals surface area (Å²) >= 11 is 2.41. The molecule has 86 heavy (non-hydrogen) atoms. The Morgan fingerprint density at radius 2 is 1.20 bits per heavy atom. The molecule has 2 aliphatic heterocycles. The van der Waals surface area contributed by atoms with Crippen LogP contribution >= 0.6 is 35.3 Å². The van der Waals surface area contributed by atoms with E-state index in [0.717, 1.165) is 27.8 Å². The van der Waals surface area contributed by atoms with E-state index in [0.29, 0.717) is 47.7 Å². The Morgan fingerprint density at radius 1 is 0.663 bits per heavy atom. The summed E-state index contributed by atoms with van der Waals surface area (Å²) in [6.45, 7) is 3.52. The van der Waals surface area contributed by atoms with Crippen molar-refractivity contribution >= 4 is 87.8 Å². The average molecular weight is 1210 g/mol. The summed E-state index contributed by atoms with van der Waals surface area (Å²) in [4.78, 5) is 74.7. The monoisotopic (exact) mass is 1210 g/mol. The number of carbonyl (C=O) groups excluding carboxylic acids is 4. The largest absolute Gasteiger partial charge is 0.441 e. The lowest BCUT2D eigenvalue weighted by Crippen LogP contribution is -2.51. The number of hydrazone groups is 2. The highest BCUT2D eigenvalue weighted by Crippen LogP contribution is 2.54. The molecule has 20 nitrogen and oxygen atoms in total. The van der Waals surface area contributed by atoms with Gasteiger partial charge < -0.3 is 25.2 Å². The fourth-order valence-electron chi connectivity index (χ4n) is 9.52. The van der Waals surface area contributed by atoms with Gasteiger partial charge >= 0.3 is 17.3 Å². The van der Waals surface area contributed by atoms with Crippen molar-refractivity contribution in [2.75, 3.05) is 34.9 Å². The second-order valence-electron chi connectivity index (χ2n) is 20.7. The van der Waals surface area contributed by atoms with Gasteiger partial charge in [0.1, 0.15) is 12.3 Å². The number of alkyl halides is 2. The number of ether oxygens (including phenoxy) is 1. The first-order valence-corrected chi connectivity index (χ1v) is 30.0. The van der Waals surface area contributed by atoms with Crippen LogP contribution in [-0.2, 0) is 32.3 Å². The van der Waals surface area contributed by atoms with Crippen molar-refractivity contribution in [2.45, 2.75) is 71.7 Å². The fraction of sp³-hybridized carbons (Fsp3) is 0.230. The van der Waals surface area contributed by atoms with Gasteiger partial charge in [-0.3, -0.25) is 38.9 Å². The van der Waals surface area contributed by atoms with Crippen LogP contribution in [0.25, 0.3) is 11.4 Å². The predicted molar refractivity (Wildman–Crippen MR) is 328 cm³/mol. The van der Waals surface area contributed by atoms with E-state index >= 15 is 13.6 Å². The van der Waals surface area contributed by atoms with E-state index < -0.39 is 45.3 Å². The molecule has 1 saturated carbocycles. The smallest absolute Gasteiger partial charge is 0.418 e. The molecule has 1 aliphatic carbocycles. The summed E-state index contributed by atoms with van der Waals surface area (Å²) < 4.78 is 40.1. The molecule has 438 valence electrons. The molecule has 4 amide bonds. The van der Waals surface area contributed by atoms with Crippen molar-refractivity contribution in [3.63, 3.8) is 0 Å². The standard InChI is InChI=1S/C61H57F2N15O5S3/c1-59(2,40-76-56(84-39-49(79)67-46-18-10-5-11-19-46)74(38-42-16-8-4-9-17-42)51(71-76)44-26-34-65-35-27-44)83-58(82)78-52(45-28-36-66-37-29-45)72-77(57(78)86-60(30-31-60)53(80)68-47-20-12-6-13-21-47)41-75-50(43-24-32-64-33-25-43)69-70-55(75)85-61(62,63)54(81)73(3)48-22-14-7-15-23-48/h4-29,32-37,56-57H,30-31,38-41H2,1-3H3,(H,67,79)(H,68,80). The summed E-state index contributed by atoms with van der Waals surface area (Å²) in [5.74, 6) is -1.22. The number of benzene rings is 4. The van der Waals surface area contributed by atoms with Gasteiger partial charge in [0.2, 0.25) is 11.8 Å². The number of thioether (sulfide) groups is 3. The van der Waals surface area contributed by atoms with Crippen molar-refractivity contribution in [1.82, 2.24) is 49.5 Å². The first kappa shape index (κ1) is 58.6. The number of anilines is 3. The number of hydrogen-bond donors (Lipinski definition) is 2. The molecule has 6 heterocycles. The number of nitrogens with zero attached hydrogens (tertiary/aromatic N) is 13. The third kappa shape index (κ3) is 13.5. The van der Waals surface area contributed by atoms with Crippen LogP contribution in [0.15, 0.2) is 210 Å². The van der Waals surface area contributed by atoms with E-state index in [1.165, 1.54) is 58.1 Å². The summed E-state index contributed by atoms with van der Waals surface area (Å²) in [6, 6.07) is 46.5. The number of para-hydroxylation sites is 3. The van der Waals surface area contributed by atoms with E-state index in [2.05, 4.69) is 40.7 Å². The van der Waals surface area contributed by atoms with E-state index in [4.69, 9.17) is 14.9 Å². The first-order valence-electron chi connectivity index (χ1n) is 27.2. The van der Waals surface area contributed by atoms with E-state index in [1.54, 1.807) is 105 Å². The van der Waals surface area contributed by atoms with Gasteiger partial charge in [-0.05, 0) is 117 Å². The lowest BCUT2D eigenvalue weighted by molar-refractivity contribution is -0.131. The minimum Gasteiger partial charge on any atom is -0.441 e. The molecule has 0 spiro atoms. The SMILES string of the molecule is CN(C(=O)C(F)(F)Sc1nnc(-c2ccncc2)n1CN1N=C(c2ccncc2)N(C(=O)OC(C)(C)CN2N=C(c3ccncc3)N(Cc3ccccc3)C2SCC(=O)Nc2ccccc2)C1SC1(C(=O)Nc2ccccc2)CC1)c1ccccc1. The van der Waals surface area contributed by atoms with E-state index in [9.17, 15) is 14.4 Å². The second-order valence-corrected chi connectivity index (χ2v) is 24.3. The highest BCUT2D eigenvalue weighted by Gasteiger charge is 2.57. The molecule has 2 unspecified atom stereocenters. The first-order chi connectivity index (χ1) is 41.6. The topological polar surface area (TPSA) is 212 Å². The predicted octanol–water partition coefficient (Wildman–Crippen LogP) is 10.4. The minimum atomic E-state index is -4.08. The van der Waals surface area contributed by atoms with E-state index in [-0.39, 0.29) is 58.4 Å². The zero-order chi connectivity index (χ0) is 59.8. The maximum atomic E-state index is 16.6. The van der Waals surface area contributed by atoms with Crippen LogP contribution in [0.2, 0.25) is 0 Å². The number of hydrogen-bond acceptors (Lipinski definition) is 18. The third-order valence-electron chi connectivity index (χ3n) is 13.9. The molecule has 0 saturated heterocycles. The molecular formula is C61H57F2N15O5S3. The van der Waals surface area contributed by atoms with Gasteiger partial charge in [0.25, 0.3) is 0 Å². The van der Waals surface area contributed by atoms with Crippen molar-refractivity contribution in [3.8, 4) is 11.4 Å². The maximum absolute atomic E-state index is 16.6. The zero-order valence-electron chi connectivity index (χ0n) is 46.7. The molecular weight excluding hydrogens is 1160 g/mol. The van der Waals surface area contributed by atoms with Crippen molar-refractivity contribution in [3.05, 3.63) is 212 Å². The van der Waals surface area contributed by atoms with E-state index in [1.807, 2.05) is 83.9 Å². The molecule has 1 fully saturated rings. The van der Waals surface area contributed by atoms with Crippen LogP contribution in [0.4, 0.5) is 30.6 Å². The molecule has 0 radical (unpaired) electrons. The molecule has 4 aromatic heterocycles. The Bertz CT molecular complexity index is 3730. The van der Waals surface area contributed by atoms with Crippen LogP contribution in [0.3, 0.4) is 0 Å². The van der Waals surface area contributed by atoms with Crippen LogP contribution in [0.5, 0.6) is 0 Å². The summed E-state index contributed by atoms with van der Waals surface area (Å²) in [7, 11) is 1.27. The molecule has 25 heteroatoms. The number of carbonyl (C=O) groups is 4. The number of amides is 4. The number of aromatic nitrogens is 6. The number of rotatable bonds is 22. The Morgan fingerprint density at radius 3 is 1.79 bits per heavy atom. The third-order valence-corrected chi connectivity index (χ3v) is 17.7. The van der Waals surface area contributed by atoms with Crippen LogP contribution < -0.4 is 15.5 Å². The molecule has 4 aromatic carbocycles. The Kier molecular flexibility index (Phi) is 17.4. The van der Waals surface area contributed by atoms with Gasteiger partial charge in [0, 0.05) is 84.5 Å². The molecule has 0 bridgehead atoms. The van der Waals surface area contributed by atoms with Gasteiger partial charge in [-0.15, -0.1) is 22.0 Å². The molecule has 11 rings (SSSR count). The van der Waals surface area contributed by atoms with Gasteiger partial charge in [0.15, 0.2) is 33.6 Å². The summed E-state index contributed by atoms with van der Waals surface area (Å²) in [6.07, 6.45) is 9.42. The number of halogens is 2. The van der Waals surface area contributed by atoms with Crippen LogP contribution in [0, 0.1) is 0 Å². The maximum Gasteiger partial charge on any atom is 0.418 e. The van der Waals surface area contributed by atoms with Gasteiger partial charge in [0.05, 0.1) is 17.0 Å². The Hall–Kier alpha value is -9.20. The number of nitrogens with one attached hydrogen (secondary N) is 2. The van der Waals surface area contributed by atoms with Gasteiger partial charge in [-0.2, -0.15) is 19.0 Å². The van der Waals surface area contributed by atoms with Crippen LogP contribution in [0.1, 0.15) is 43.4 Å². The molecule has 2 atom stereocenters. The van der Waals surface area contributed by atoms with Crippen LogP contribution in [-0.4, -0.2) is 131 Å². The lowest BCUT2D eigenvalue weighted by atomic mass is 10.1. The summed E-state index contributed by atoms with van der Waals surface area (Å²) in [5.41, 5.74) is 0.909. The van der Waals surface area contributed by atoms with Crippen molar-refractivity contribution < 1.29 is 32.7 Å². The lowest BCUT2D eigenvalue weighted by Gasteiger charge is -2.37. The molecule has 2 N–H and O–H groups in total. The normalized spacial score (nSPS) is 16.3. The van der Waals surface area contributed by atoms with Gasteiger partial charge in [-0.25, -0.2) is 14.7 Å². The highest BCUT2D eigenvalue weighted by atomic mass is 32.2. The van der Waals surface area contributed by atoms with Crippen molar-refractivity contribution in [2.24, 2.45) is 10.2 Å². The quantitative estimate of drug-likeness (QED) is 0.0604. The highest BCUT2D eigenvalue weighted by molar-refractivity contribution is 8.02. The average Bonchev–Trinajstić information content (AvgIpc) is 1.88. The molecule has 3 aliphatic rings. The Balaban J connectivity index is 0.950. The number of amidine groups is 2. The van der Waals surface area contributed by atoms with Gasteiger partial charge in [-0.1, -0.05) is 96.7 Å². The Labute approximate surface area is 507 Å². The second kappa shape index (κ2) is 25.6. The zero-order valence-corrected chi connectivity index (χ0v) is 49.2.